The monoisotopic (exact) mass is 462 g/mol. The standard InChI is InChI=1S/C17H30N6O7S/c1-2-3-9-31(27,28)22-13(16(25)26)11-23(12-24)15-10-14(21-30-15)29-8-4-5-18-17-19-6-7-20-17/h10,12-13,17-20,22H,2-9,11H2,1H3,(H,25,26). The molecule has 14 heteroatoms. The number of unbranched alkanes of at least 4 members (excludes halogenated alkanes) is 1. The largest absolute Gasteiger partial charge is 0.480 e. The van der Waals surface area contributed by atoms with Gasteiger partial charge in [0.1, 0.15) is 12.3 Å². The van der Waals surface area contributed by atoms with Gasteiger partial charge in [-0.05, 0) is 18.0 Å². The Hall–Kier alpha value is -2.26. The molecule has 1 amide bonds. The molecule has 1 unspecified atom stereocenters. The van der Waals surface area contributed by atoms with Gasteiger partial charge in [0, 0.05) is 19.6 Å². The fourth-order valence-corrected chi connectivity index (χ4v) is 4.15. The van der Waals surface area contributed by atoms with Crippen molar-refractivity contribution in [1.82, 2.24) is 25.8 Å². The summed E-state index contributed by atoms with van der Waals surface area (Å²) in [5.74, 6) is -1.53. The van der Waals surface area contributed by atoms with Gasteiger partial charge < -0.3 is 14.4 Å². The first-order valence-electron chi connectivity index (χ1n) is 10.1. The third-order valence-corrected chi connectivity index (χ3v) is 5.86. The van der Waals surface area contributed by atoms with E-state index < -0.39 is 28.6 Å². The van der Waals surface area contributed by atoms with Crippen LogP contribution in [0.25, 0.3) is 0 Å². The van der Waals surface area contributed by atoms with Crippen LogP contribution in [0.2, 0.25) is 0 Å². The molecular weight excluding hydrogens is 432 g/mol. The van der Waals surface area contributed by atoms with Gasteiger partial charge >= 0.3 is 5.97 Å². The molecule has 1 atom stereocenters. The predicted octanol–water partition coefficient (Wildman–Crippen LogP) is -1.35. The fraction of sp³-hybridized carbons (Fsp3) is 0.706. The molecule has 1 aromatic heterocycles. The van der Waals surface area contributed by atoms with Crippen molar-refractivity contribution in [3.8, 4) is 5.88 Å². The van der Waals surface area contributed by atoms with Crippen molar-refractivity contribution in [3.05, 3.63) is 6.07 Å². The van der Waals surface area contributed by atoms with Crippen LogP contribution in [-0.2, 0) is 19.6 Å². The summed E-state index contributed by atoms with van der Waals surface area (Å²) in [7, 11) is -3.80. The number of anilines is 1. The lowest BCUT2D eigenvalue weighted by Gasteiger charge is -2.20. The highest BCUT2D eigenvalue weighted by Crippen LogP contribution is 2.20. The summed E-state index contributed by atoms with van der Waals surface area (Å²) in [6.45, 7) is 4.22. The summed E-state index contributed by atoms with van der Waals surface area (Å²) in [5, 5.41) is 22.7. The Morgan fingerprint density at radius 2 is 2.19 bits per heavy atom. The highest BCUT2D eigenvalue weighted by molar-refractivity contribution is 7.89. The number of carboxylic acids is 1. The predicted molar refractivity (Wildman–Crippen MR) is 111 cm³/mol. The molecule has 0 aliphatic carbocycles. The molecule has 0 bridgehead atoms. The van der Waals surface area contributed by atoms with E-state index >= 15 is 0 Å². The molecule has 2 rings (SSSR count). The second-order valence-electron chi connectivity index (χ2n) is 6.94. The van der Waals surface area contributed by atoms with Gasteiger partial charge in [0.15, 0.2) is 0 Å². The van der Waals surface area contributed by atoms with Crippen molar-refractivity contribution < 1.29 is 32.4 Å². The van der Waals surface area contributed by atoms with Crippen LogP contribution in [0, 0.1) is 0 Å². The van der Waals surface area contributed by atoms with Crippen molar-refractivity contribution in [2.24, 2.45) is 0 Å². The number of hydrogen-bond donors (Lipinski definition) is 5. The summed E-state index contributed by atoms with van der Waals surface area (Å²) in [4.78, 5) is 23.8. The van der Waals surface area contributed by atoms with Crippen LogP contribution in [0.5, 0.6) is 5.88 Å². The van der Waals surface area contributed by atoms with E-state index in [1.165, 1.54) is 6.07 Å². The summed E-state index contributed by atoms with van der Waals surface area (Å²) in [6.07, 6.45) is 2.16. The molecule has 0 aromatic carbocycles. The fourth-order valence-electron chi connectivity index (χ4n) is 2.76. The van der Waals surface area contributed by atoms with Crippen LogP contribution in [0.3, 0.4) is 0 Å². The van der Waals surface area contributed by atoms with Gasteiger partial charge in [0.05, 0.1) is 25.0 Å². The Kier molecular flexibility index (Phi) is 10.1. The number of hydrogen-bond acceptors (Lipinski definition) is 10. The van der Waals surface area contributed by atoms with Crippen molar-refractivity contribution >= 4 is 28.3 Å². The van der Waals surface area contributed by atoms with E-state index in [-0.39, 0.29) is 23.8 Å². The van der Waals surface area contributed by atoms with Gasteiger partial charge in [-0.15, -0.1) is 0 Å². The number of carboxylic acid groups (broad SMARTS) is 1. The molecule has 0 saturated carbocycles. The van der Waals surface area contributed by atoms with Crippen LogP contribution in [-0.4, -0.2) is 81.9 Å². The molecule has 1 fully saturated rings. The normalized spacial score (nSPS) is 15.6. The van der Waals surface area contributed by atoms with Gasteiger partial charge in [-0.25, -0.2) is 8.42 Å². The SMILES string of the molecule is CCCCS(=O)(=O)NC(CN(C=O)c1cc(OCCCNC2NCCN2)no1)C(=O)O. The van der Waals surface area contributed by atoms with E-state index in [1.54, 1.807) is 0 Å². The third-order valence-electron chi connectivity index (χ3n) is 4.39. The van der Waals surface area contributed by atoms with E-state index in [4.69, 9.17) is 9.26 Å². The molecule has 0 spiro atoms. The van der Waals surface area contributed by atoms with Crippen LogP contribution in [0.15, 0.2) is 10.6 Å². The summed E-state index contributed by atoms with van der Waals surface area (Å²) >= 11 is 0. The van der Waals surface area contributed by atoms with Crippen molar-refractivity contribution in [3.63, 3.8) is 0 Å². The molecule has 1 aliphatic heterocycles. The minimum atomic E-state index is -3.80. The zero-order valence-electron chi connectivity index (χ0n) is 17.4. The number of nitrogens with zero attached hydrogens (tertiary/aromatic N) is 2. The zero-order chi connectivity index (χ0) is 22.7. The smallest absolute Gasteiger partial charge is 0.323 e. The average molecular weight is 463 g/mol. The number of aromatic nitrogens is 1. The lowest BCUT2D eigenvalue weighted by molar-refractivity contribution is -0.138. The molecule has 31 heavy (non-hydrogen) atoms. The maximum atomic E-state index is 12.0. The Morgan fingerprint density at radius 1 is 1.45 bits per heavy atom. The Balaban J connectivity index is 1.84. The molecule has 1 saturated heterocycles. The second-order valence-corrected chi connectivity index (χ2v) is 8.81. The molecular formula is C17H30N6O7S. The minimum Gasteiger partial charge on any atom is -0.480 e. The van der Waals surface area contributed by atoms with Crippen molar-refractivity contribution in [2.75, 3.05) is 43.4 Å². The lowest BCUT2D eigenvalue weighted by Crippen LogP contribution is -2.48. The topological polar surface area (TPSA) is 175 Å². The first kappa shape index (κ1) is 25.0. The van der Waals surface area contributed by atoms with Crippen LogP contribution in [0.4, 0.5) is 5.88 Å². The van der Waals surface area contributed by atoms with Crippen molar-refractivity contribution in [1.29, 1.82) is 0 Å². The van der Waals surface area contributed by atoms with Crippen molar-refractivity contribution in [2.45, 2.75) is 38.5 Å². The summed E-state index contributed by atoms with van der Waals surface area (Å²) < 4.78 is 36.7. The van der Waals surface area contributed by atoms with E-state index in [0.717, 1.165) is 18.0 Å². The molecule has 5 N–H and O–H groups in total. The summed E-state index contributed by atoms with van der Waals surface area (Å²) in [6, 6.07) is -0.197. The minimum absolute atomic E-state index is 0.0542. The van der Waals surface area contributed by atoms with Gasteiger partial charge in [-0.3, -0.25) is 30.4 Å². The van der Waals surface area contributed by atoms with E-state index in [2.05, 4.69) is 25.8 Å². The lowest BCUT2D eigenvalue weighted by atomic mass is 10.3. The molecule has 1 aromatic rings. The van der Waals surface area contributed by atoms with Gasteiger partial charge in [-0.1, -0.05) is 13.3 Å². The van der Waals surface area contributed by atoms with Gasteiger partial charge in [0.2, 0.25) is 22.3 Å². The Labute approximate surface area is 180 Å². The van der Waals surface area contributed by atoms with E-state index in [1.807, 2.05) is 6.92 Å². The Morgan fingerprint density at radius 3 is 2.84 bits per heavy atom. The van der Waals surface area contributed by atoms with Crippen LogP contribution >= 0.6 is 0 Å². The molecule has 0 radical (unpaired) electrons. The molecule has 13 nitrogen and oxygen atoms in total. The second kappa shape index (κ2) is 12.6. The van der Waals surface area contributed by atoms with Crippen LogP contribution < -0.4 is 30.3 Å². The third kappa shape index (κ3) is 8.78. The molecule has 1 aliphatic rings. The maximum Gasteiger partial charge on any atom is 0.323 e. The highest BCUT2D eigenvalue weighted by atomic mass is 32.2. The van der Waals surface area contributed by atoms with Crippen LogP contribution in [0.1, 0.15) is 26.2 Å². The van der Waals surface area contributed by atoms with Gasteiger partial charge in [0.25, 0.3) is 5.88 Å². The quantitative estimate of drug-likeness (QED) is 0.145. The number of ether oxygens (including phenoxy) is 1. The highest BCUT2D eigenvalue weighted by Gasteiger charge is 2.27. The summed E-state index contributed by atoms with van der Waals surface area (Å²) in [5.41, 5.74) is 0. The first-order chi connectivity index (χ1) is 14.8. The maximum absolute atomic E-state index is 12.0. The zero-order valence-corrected chi connectivity index (χ0v) is 18.2. The first-order valence-corrected chi connectivity index (χ1v) is 11.7. The molecule has 176 valence electrons. The number of nitrogens with one attached hydrogen (secondary N) is 4. The van der Waals surface area contributed by atoms with Gasteiger partial charge in [-0.2, -0.15) is 4.72 Å². The number of rotatable bonds is 16. The number of sulfonamides is 1. The number of amides is 1. The Bertz CT molecular complexity index is 797. The number of carbonyl (C=O) groups excluding carboxylic acids is 1. The van der Waals surface area contributed by atoms with E-state index in [0.29, 0.717) is 38.8 Å². The average Bonchev–Trinajstić information content (AvgIpc) is 3.41. The molecule has 2 heterocycles. The number of carbonyl (C=O) groups is 2. The van der Waals surface area contributed by atoms with E-state index in [9.17, 15) is 23.1 Å². The number of aliphatic carboxylic acids is 1.